The zero-order valence-electron chi connectivity index (χ0n) is 12.5. The Balaban J connectivity index is 0.000000315. The number of nitrogens with zero attached hydrogens (tertiary/aromatic N) is 1. The van der Waals surface area contributed by atoms with Gasteiger partial charge in [-0.1, -0.05) is 0 Å². The first-order chi connectivity index (χ1) is 9.55. The fourth-order valence-electron chi connectivity index (χ4n) is 2.18. The van der Waals surface area contributed by atoms with E-state index in [1.165, 1.54) is 0 Å². The van der Waals surface area contributed by atoms with Crippen molar-refractivity contribution in [3.05, 3.63) is 0 Å². The number of nitrogens with one attached hydrogen (secondary N) is 1. The lowest BCUT2D eigenvalue weighted by molar-refractivity contribution is -0.159. The number of carbonyl (C=O) groups is 3. The Morgan fingerprint density at radius 3 is 1.95 bits per heavy atom. The van der Waals surface area contributed by atoms with Crippen molar-refractivity contribution < 1.29 is 29.3 Å². The van der Waals surface area contributed by atoms with Crippen LogP contribution in [0.1, 0.15) is 27.2 Å². The maximum Gasteiger partial charge on any atom is 0.414 e. The third kappa shape index (κ3) is 5.22. The quantitative estimate of drug-likeness (QED) is 0.554. The molecule has 2 fully saturated rings. The summed E-state index contributed by atoms with van der Waals surface area (Å²) in [6.45, 7) is 9.51. The van der Waals surface area contributed by atoms with Crippen LogP contribution >= 0.6 is 0 Å². The molecule has 2 heterocycles. The average Bonchev–Trinajstić information content (AvgIpc) is 2.72. The van der Waals surface area contributed by atoms with E-state index in [9.17, 15) is 4.79 Å². The van der Waals surface area contributed by atoms with Crippen LogP contribution in [0.3, 0.4) is 0 Å². The van der Waals surface area contributed by atoms with Crippen molar-refractivity contribution in [2.45, 2.75) is 32.8 Å². The summed E-state index contributed by atoms with van der Waals surface area (Å²) < 4.78 is 5.35. The van der Waals surface area contributed by atoms with Crippen LogP contribution in [-0.2, 0) is 14.3 Å². The molecule has 0 unspecified atom stereocenters. The maximum atomic E-state index is 11.8. The molecule has 0 aliphatic carbocycles. The molecular formula is C13H22N2O6. The molecule has 1 amide bonds. The summed E-state index contributed by atoms with van der Waals surface area (Å²) in [7, 11) is 0. The Bertz CT molecular complexity index is 413. The van der Waals surface area contributed by atoms with E-state index in [0.29, 0.717) is 5.41 Å². The highest BCUT2D eigenvalue weighted by Gasteiger charge is 2.45. The summed E-state index contributed by atoms with van der Waals surface area (Å²) in [6, 6.07) is 0. The van der Waals surface area contributed by atoms with E-state index in [1.54, 1.807) is 0 Å². The van der Waals surface area contributed by atoms with E-state index < -0.39 is 11.9 Å². The first kappa shape index (κ1) is 17.2. The fraction of sp³-hybridized carbons (Fsp3) is 0.769. The van der Waals surface area contributed by atoms with Gasteiger partial charge in [0.15, 0.2) is 0 Å². The van der Waals surface area contributed by atoms with Crippen LogP contribution in [0, 0.1) is 5.41 Å². The molecule has 0 saturated carbocycles. The van der Waals surface area contributed by atoms with Crippen molar-refractivity contribution >= 4 is 18.0 Å². The predicted octanol–water partition coefficient (Wildman–Crippen LogP) is 0.372. The number of carbonyl (C=O) groups excluding carboxylic acids is 1. The lowest BCUT2D eigenvalue weighted by atomic mass is 9.81. The zero-order valence-corrected chi connectivity index (χ0v) is 12.5. The van der Waals surface area contributed by atoms with Crippen molar-refractivity contribution in [3.8, 4) is 0 Å². The van der Waals surface area contributed by atoms with Gasteiger partial charge in [-0.05, 0) is 27.2 Å². The van der Waals surface area contributed by atoms with Gasteiger partial charge in [-0.2, -0.15) is 0 Å². The monoisotopic (exact) mass is 302 g/mol. The van der Waals surface area contributed by atoms with Crippen LogP contribution in [0.5, 0.6) is 0 Å². The fourth-order valence-corrected chi connectivity index (χ4v) is 2.18. The van der Waals surface area contributed by atoms with Gasteiger partial charge in [-0.25, -0.2) is 14.4 Å². The van der Waals surface area contributed by atoms with Gasteiger partial charge < -0.3 is 25.2 Å². The van der Waals surface area contributed by atoms with Gasteiger partial charge in [-0.3, -0.25) is 0 Å². The van der Waals surface area contributed by atoms with Gasteiger partial charge in [0.25, 0.3) is 0 Å². The van der Waals surface area contributed by atoms with Crippen LogP contribution in [0.25, 0.3) is 0 Å². The predicted molar refractivity (Wildman–Crippen MR) is 73.0 cm³/mol. The van der Waals surface area contributed by atoms with Gasteiger partial charge in [-0.15, -0.1) is 0 Å². The number of rotatable bonds is 0. The molecule has 21 heavy (non-hydrogen) atoms. The molecule has 0 aromatic heterocycles. The molecule has 0 radical (unpaired) electrons. The highest BCUT2D eigenvalue weighted by atomic mass is 16.6. The van der Waals surface area contributed by atoms with Crippen LogP contribution in [-0.4, -0.2) is 64.9 Å². The minimum absolute atomic E-state index is 0.161. The van der Waals surface area contributed by atoms with Crippen molar-refractivity contribution in [1.29, 1.82) is 0 Å². The second-order valence-electron chi connectivity index (χ2n) is 6.37. The minimum atomic E-state index is -1.82. The van der Waals surface area contributed by atoms with Crippen LogP contribution in [0.4, 0.5) is 4.79 Å². The zero-order chi connectivity index (χ0) is 16.3. The Kier molecular flexibility index (Phi) is 5.16. The van der Waals surface area contributed by atoms with Crippen LogP contribution in [0.2, 0.25) is 0 Å². The summed E-state index contributed by atoms with van der Waals surface area (Å²) in [5, 5.41) is 18.1. The number of hydrogen-bond donors (Lipinski definition) is 3. The van der Waals surface area contributed by atoms with E-state index in [4.69, 9.17) is 24.5 Å². The van der Waals surface area contributed by atoms with Gasteiger partial charge in [0.1, 0.15) is 5.60 Å². The summed E-state index contributed by atoms with van der Waals surface area (Å²) in [4.78, 5) is 31.8. The van der Waals surface area contributed by atoms with E-state index in [0.717, 1.165) is 32.6 Å². The molecule has 2 aliphatic rings. The normalized spacial score (nSPS) is 19.3. The molecule has 0 atom stereocenters. The molecule has 8 heteroatoms. The summed E-state index contributed by atoms with van der Waals surface area (Å²) in [6.07, 6.45) is 0.950. The summed E-state index contributed by atoms with van der Waals surface area (Å²) in [5.41, 5.74) is -0.0262. The first-order valence-electron chi connectivity index (χ1n) is 6.70. The highest BCUT2D eigenvalue weighted by Crippen LogP contribution is 2.34. The Morgan fingerprint density at radius 1 is 1.14 bits per heavy atom. The SMILES string of the molecule is CC(C)(C)OC(=O)N1CCC2(CNC2)C1.O=C(O)C(=O)O. The second kappa shape index (κ2) is 6.30. The lowest BCUT2D eigenvalue weighted by Crippen LogP contribution is -2.55. The van der Waals surface area contributed by atoms with Gasteiger partial charge in [0.05, 0.1) is 0 Å². The molecule has 120 valence electrons. The number of amides is 1. The highest BCUT2D eigenvalue weighted by molar-refractivity contribution is 6.27. The lowest BCUT2D eigenvalue weighted by Gasteiger charge is -2.39. The number of carboxylic acid groups (broad SMARTS) is 2. The van der Waals surface area contributed by atoms with Crippen molar-refractivity contribution in [2.75, 3.05) is 26.2 Å². The Morgan fingerprint density at radius 2 is 1.67 bits per heavy atom. The second-order valence-corrected chi connectivity index (χ2v) is 6.37. The third-order valence-electron chi connectivity index (χ3n) is 3.27. The van der Waals surface area contributed by atoms with Crippen molar-refractivity contribution in [3.63, 3.8) is 0 Å². The van der Waals surface area contributed by atoms with Crippen molar-refractivity contribution in [2.24, 2.45) is 5.41 Å². The van der Waals surface area contributed by atoms with Gasteiger partial charge in [0.2, 0.25) is 0 Å². The van der Waals surface area contributed by atoms with Crippen molar-refractivity contribution in [1.82, 2.24) is 10.2 Å². The number of hydrogen-bond acceptors (Lipinski definition) is 5. The average molecular weight is 302 g/mol. The molecular weight excluding hydrogens is 280 g/mol. The van der Waals surface area contributed by atoms with E-state index in [-0.39, 0.29) is 11.7 Å². The topological polar surface area (TPSA) is 116 Å². The molecule has 2 aliphatic heterocycles. The van der Waals surface area contributed by atoms with Gasteiger partial charge >= 0.3 is 18.0 Å². The Labute approximate surface area is 123 Å². The molecule has 3 N–H and O–H groups in total. The summed E-state index contributed by atoms with van der Waals surface area (Å²) >= 11 is 0. The molecule has 1 spiro atoms. The minimum Gasteiger partial charge on any atom is -0.473 e. The van der Waals surface area contributed by atoms with E-state index in [2.05, 4.69) is 5.32 Å². The van der Waals surface area contributed by atoms with Gasteiger partial charge in [0, 0.05) is 31.6 Å². The maximum absolute atomic E-state index is 11.8. The molecule has 0 aromatic carbocycles. The standard InChI is InChI=1S/C11H20N2O2.C2H2O4/c1-10(2,3)15-9(14)13-5-4-11(8-13)6-12-7-11;3-1(4)2(5)6/h12H,4-8H2,1-3H3;(H,3,4)(H,5,6). The van der Waals surface area contributed by atoms with Crippen LogP contribution in [0.15, 0.2) is 0 Å². The number of ether oxygens (including phenoxy) is 1. The van der Waals surface area contributed by atoms with E-state index >= 15 is 0 Å². The third-order valence-corrected chi connectivity index (χ3v) is 3.27. The first-order valence-corrected chi connectivity index (χ1v) is 6.70. The smallest absolute Gasteiger partial charge is 0.414 e. The number of likely N-dealkylation sites (tertiary alicyclic amines) is 1. The van der Waals surface area contributed by atoms with Crippen LogP contribution < -0.4 is 5.32 Å². The Hall–Kier alpha value is -1.83. The molecule has 2 rings (SSSR count). The molecule has 0 aromatic rings. The van der Waals surface area contributed by atoms with E-state index in [1.807, 2.05) is 25.7 Å². The largest absolute Gasteiger partial charge is 0.473 e. The molecule has 0 bridgehead atoms. The molecule has 8 nitrogen and oxygen atoms in total. The number of aliphatic carboxylic acids is 2. The molecule has 2 saturated heterocycles. The number of carboxylic acids is 2. The summed E-state index contributed by atoms with van der Waals surface area (Å²) in [5.74, 6) is -3.65.